The fraction of sp³-hybridized carbons (Fsp3) is 0.133. The number of rotatable bonds is 3. The minimum atomic E-state index is -0.177. The Balaban J connectivity index is 2.10. The normalized spacial score (nSPS) is 9.67. The van der Waals surface area contributed by atoms with E-state index in [0.29, 0.717) is 23.5 Å². The van der Waals surface area contributed by atoms with Crippen molar-refractivity contribution >= 4 is 38.9 Å². The van der Waals surface area contributed by atoms with Gasteiger partial charge in [0.05, 0.1) is 28.6 Å². The van der Waals surface area contributed by atoms with Crippen molar-refractivity contribution in [3.63, 3.8) is 0 Å². The number of hydrogen-bond acceptors (Lipinski definition) is 4. The smallest absolute Gasteiger partial charge is 0.256 e. The van der Waals surface area contributed by atoms with Crippen LogP contribution in [0, 0.1) is 11.8 Å². The quantitative estimate of drug-likeness (QED) is 0.822. The lowest BCUT2D eigenvalue weighted by Crippen LogP contribution is -2.10. The molecule has 0 saturated carbocycles. The lowest BCUT2D eigenvalue weighted by molar-refractivity contribution is 0.102. The average molecular weight is 365 g/mol. The van der Waals surface area contributed by atoms with E-state index in [1.54, 1.807) is 36.8 Å². The molecule has 0 aliphatic carbocycles. The van der Waals surface area contributed by atoms with Crippen molar-refractivity contribution in [1.29, 1.82) is 0 Å². The summed E-state index contributed by atoms with van der Waals surface area (Å²) in [4.78, 5) is 13.0. The molecule has 1 heterocycles. The van der Waals surface area contributed by atoms with Crippen LogP contribution < -0.4 is 15.8 Å². The highest BCUT2D eigenvalue weighted by Crippen LogP contribution is 2.28. The maximum Gasteiger partial charge on any atom is 0.256 e. The molecule has 1 aromatic carbocycles. The Morgan fingerprint density at radius 1 is 1.48 bits per heavy atom. The number of anilines is 1. The van der Waals surface area contributed by atoms with Crippen molar-refractivity contribution in [2.45, 2.75) is 0 Å². The number of carbonyl (C=O) groups excluding carboxylic acids is 1. The molecule has 0 aliphatic rings. The lowest BCUT2D eigenvalue weighted by atomic mass is 10.2. The van der Waals surface area contributed by atoms with Gasteiger partial charge in [-0.2, -0.15) is 0 Å². The summed E-state index contributed by atoms with van der Waals surface area (Å²) >= 11 is 4.80. The van der Waals surface area contributed by atoms with Crippen LogP contribution in [0.4, 0.5) is 5.69 Å². The molecule has 21 heavy (non-hydrogen) atoms. The van der Waals surface area contributed by atoms with Gasteiger partial charge in [-0.1, -0.05) is 11.8 Å². The van der Waals surface area contributed by atoms with Crippen LogP contribution in [0.3, 0.4) is 0 Å². The number of amides is 1. The number of nitrogens with two attached hydrogens (primary N) is 1. The molecular weight excluding hydrogens is 352 g/mol. The summed E-state index contributed by atoms with van der Waals surface area (Å²) in [5.41, 5.74) is 6.59. The number of hydrogen-bond donors (Lipinski definition) is 2. The number of carbonyl (C=O) groups is 1. The molecule has 0 saturated heterocycles. The van der Waals surface area contributed by atoms with Crippen LogP contribution in [0.1, 0.15) is 15.2 Å². The van der Waals surface area contributed by atoms with Gasteiger partial charge in [0.2, 0.25) is 0 Å². The zero-order valence-electron chi connectivity index (χ0n) is 11.3. The highest BCUT2D eigenvalue weighted by Gasteiger charge is 2.09. The molecule has 0 unspecified atom stereocenters. The van der Waals surface area contributed by atoms with Crippen LogP contribution >= 0.6 is 27.3 Å². The van der Waals surface area contributed by atoms with Crippen LogP contribution in [0.2, 0.25) is 0 Å². The monoisotopic (exact) mass is 364 g/mol. The molecule has 0 fully saturated rings. The summed E-state index contributed by atoms with van der Waals surface area (Å²) in [5, 5.41) is 4.60. The first-order valence-corrected chi connectivity index (χ1v) is 7.73. The highest BCUT2D eigenvalue weighted by atomic mass is 79.9. The SMILES string of the molecule is COc1ccc(NC(=O)c2csc(C#CCN)c2)cc1Br. The first-order valence-electron chi connectivity index (χ1n) is 6.06. The third kappa shape index (κ3) is 4.08. The maximum absolute atomic E-state index is 12.1. The van der Waals surface area contributed by atoms with Crippen molar-refractivity contribution in [3.05, 3.63) is 44.6 Å². The van der Waals surface area contributed by atoms with Crippen LogP contribution in [0.15, 0.2) is 34.1 Å². The van der Waals surface area contributed by atoms with E-state index in [2.05, 4.69) is 33.1 Å². The zero-order valence-corrected chi connectivity index (χ0v) is 13.7. The first-order chi connectivity index (χ1) is 10.1. The minimum absolute atomic E-state index is 0.177. The van der Waals surface area contributed by atoms with Gasteiger partial charge in [0.15, 0.2) is 0 Å². The van der Waals surface area contributed by atoms with E-state index < -0.39 is 0 Å². The van der Waals surface area contributed by atoms with Gasteiger partial charge in [-0.3, -0.25) is 4.79 Å². The van der Waals surface area contributed by atoms with E-state index in [1.807, 2.05) is 0 Å². The number of benzene rings is 1. The zero-order chi connectivity index (χ0) is 15.2. The van der Waals surface area contributed by atoms with Crippen LogP contribution in [-0.4, -0.2) is 19.6 Å². The van der Waals surface area contributed by atoms with Gasteiger partial charge in [-0.25, -0.2) is 0 Å². The molecule has 3 N–H and O–H groups in total. The van der Waals surface area contributed by atoms with Gasteiger partial charge in [-0.15, -0.1) is 11.3 Å². The highest BCUT2D eigenvalue weighted by molar-refractivity contribution is 9.10. The largest absolute Gasteiger partial charge is 0.496 e. The molecule has 0 atom stereocenters. The number of ether oxygens (including phenoxy) is 1. The maximum atomic E-state index is 12.1. The van der Waals surface area contributed by atoms with Gasteiger partial charge < -0.3 is 15.8 Å². The molecule has 4 nitrogen and oxygen atoms in total. The number of methoxy groups -OCH3 is 1. The molecule has 0 aliphatic heterocycles. The predicted octanol–water partition coefficient (Wildman–Crippen LogP) is 3.08. The minimum Gasteiger partial charge on any atom is -0.496 e. The Hall–Kier alpha value is -1.81. The van der Waals surface area contributed by atoms with Crippen molar-refractivity contribution in [2.24, 2.45) is 5.73 Å². The Morgan fingerprint density at radius 3 is 2.95 bits per heavy atom. The number of thiophene rings is 1. The second-order valence-corrected chi connectivity index (χ2v) is 5.77. The van der Waals surface area contributed by atoms with E-state index >= 15 is 0 Å². The molecular formula is C15H13BrN2O2S. The molecule has 1 amide bonds. The third-order valence-corrected chi connectivity index (χ3v) is 4.05. The van der Waals surface area contributed by atoms with Gasteiger partial charge in [0.1, 0.15) is 5.75 Å². The first kappa shape index (κ1) is 15.6. The van der Waals surface area contributed by atoms with Gasteiger partial charge in [-0.05, 0) is 40.2 Å². The van der Waals surface area contributed by atoms with E-state index in [1.165, 1.54) is 11.3 Å². The second kappa shape index (κ2) is 7.27. The molecule has 6 heteroatoms. The van der Waals surface area contributed by atoms with Crippen molar-refractivity contribution < 1.29 is 9.53 Å². The summed E-state index contributed by atoms with van der Waals surface area (Å²) in [5.74, 6) is 6.20. The predicted molar refractivity (Wildman–Crippen MR) is 88.9 cm³/mol. The second-order valence-electron chi connectivity index (χ2n) is 4.01. The third-order valence-electron chi connectivity index (χ3n) is 2.58. The summed E-state index contributed by atoms with van der Waals surface area (Å²) in [7, 11) is 1.59. The standard InChI is InChI=1S/C15H13BrN2O2S/c1-20-14-5-4-11(8-13(14)16)18-15(19)10-7-12(21-9-10)3-2-6-17/h4-5,7-9H,6,17H2,1H3,(H,18,19). The molecule has 2 rings (SSSR count). The summed E-state index contributed by atoms with van der Waals surface area (Å²) in [6.45, 7) is 0.305. The number of nitrogens with one attached hydrogen (secondary N) is 1. The molecule has 0 radical (unpaired) electrons. The Labute approximate surface area is 135 Å². The van der Waals surface area contributed by atoms with E-state index in [-0.39, 0.29) is 5.91 Å². The molecule has 0 spiro atoms. The Morgan fingerprint density at radius 2 is 2.29 bits per heavy atom. The van der Waals surface area contributed by atoms with Crippen LogP contribution in [0.5, 0.6) is 5.75 Å². The Bertz CT molecular complexity index is 716. The van der Waals surface area contributed by atoms with Crippen LogP contribution in [0.25, 0.3) is 0 Å². The lowest BCUT2D eigenvalue weighted by Gasteiger charge is -2.07. The molecule has 2 aromatic rings. The van der Waals surface area contributed by atoms with Crippen molar-refractivity contribution in [1.82, 2.24) is 0 Å². The van der Waals surface area contributed by atoms with E-state index in [9.17, 15) is 4.79 Å². The fourth-order valence-corrected chi connectivity index (χ4v) is 2.90. The van der Waals surface area contributed by atoms with Crippen molar-refractivity contribution in [3.8, 4) is 17.6 Å². The van der Waals surface area contributed by atoms with Crippen LogP contribution in [-0.2, 0) is 0 Å². The molecule has 108 valence electrons. The van der Waals surface area contributed by atoms with E-state index in [4.69, 9.17) is 10.5 Å². The molecule has 0 bridgehead atoms. The van der Waals surface area contributed by atoms with Crippen molar-refractivity contribution in [2.75, 3.05) is 19.0 Å². The number of halogens is 1. The average Bonchev–Trinajstić information content (AvgIpc) is 2.94. The fourth-order valence-electron chi connectivity index (χ4n) is 1.61. The summed E-state index contributed by atoms with van der Waals surface area (Å²) < 4.78 is 5.93. The molecule has 1 aromatic heterocycles. The Kier molecular flexibility index (Phi) is 5.39. The van der Waals surface area contributed by atoms with E-state index in [0.717, 1.165) is 9.35 Å². The topological polar surface area (TPSA) is 64.3 Å². The van der Waals surface area contributed by atoms with Gasteiger partial charge in [0.25, 0.3) is 5.91 Å². The van der Waals surface area contributed by atoms with Gasteiger partial charge >= 0.3 is 0 Å². The van der Waals surface area contributed by atoms with Gasteiger partial charge in [0, 0.05) is 11.1 Å². The summed E-state index contributed by atoms with van der Waals surface area (Å²) in [6.07, 6.45) is 0. The summed E-state index contributed by atoms with van der Waals surface area (Å²) in [6, 6.07) is 7.11.